The normalized spacial score (nSPS) is 20.7. The van der Waals surface area contributed by atoms with Crippen molar-refractivity contribution in [2.75, 3.05) is 6.67 Å². The minimum atomic E-state index is -4.82. The Balaban J connectivity index is 2.02. The fourth-order valence-electron chi connectivity index (χ4n) is 2.96. The Morgan fingerprint density at radius 3 is 2.61 bits per heavy atom. The van der Waals surface area contributed by atoms with Gasteiger partial charge in [-0.1, -0.05) is 17.5 Å². The SMILES string of the molecule is N#Cc1cnc(C#Cc2ccc(F)c([C@]3(CF)C[C@@H](C(F)(F)F)N=C(N)O3)c2)c(Cl)c1. The molecule has 1 aromatic heterocycles. The first-order valence-corrected chi connectivity index (χ1v) is 8.98. The van der Waals surface area contributed by atoms with Crippen LogP contribution in [0.4, 0.5) is 22.0 Å². The maximum atomic E-state index is 14.5. The summed E-state index contributed by atoms with van der Waals surface area (Å²) in [6.07, 6.45) is -4.56. The summed E-state index contributed by atoms with van der Waals surface area (Å²) in [5, 5.41) is 8.92. The van der Waals surface area contributed by atoms with Crippen LogP contribution in [0.3, 0.4) is 0 Å². The maximum absolute atomic E-state index is 14.5. The molecule has 11 heteroatoms. The van der Waals surface area contributed by atoms with Crippen molar-refractivity contribution < 1.29 is 26.7 Å². The number of aliphatic imine (C=N–C) groups is 1. The third-order valence-electron chi connectivity index (χ3n) is 4.45. The summed E-state index contributed by atoms with van der Waals surface area (Å²) in [6.45, 7) is -1.48. The molecule has 1 aliphatic rings. The van der Waals surface area contributed by atoms with E-state index in [-0.39, 0.29) is 21.8 Å². The molecule has 2 aromatic rings. The lowest BCUT2D eigenvalue weighted by Crippen LogP contribution is -2.48. The standard InChI is InChI=1S/C20H12ClF5N4O/c21-14-6-12(8-27)9-29-16(14)4-2-11-1-3-15(23)13(5-11)19(10-22)7-17(20(24,25)26)30-18(28)31-19/h1,3,5-6,9,17H,7,10H2,(H2,28,30)/t17-,19+/m0/s1. The Bertz CT molecular complexity index is 1150. The van der Waals surface area contributed by atoms with Gasteiger partial charge in [-0.15, -0.1) is 0 Å². The zero-order valence-electron chi connectivity index (χ0n) is 15.5. The second-order valence-electron chi connectivity index (χ2n) is 6.57. The number of aromatic nitrogens is 1. The van der Waals surface area contributed by atoms with Gasteiger partial charge in [-0.25, -0.2) is 18.8 Å². The summed E-state index contributed by atoms with van der Waals surface area (Å²) < 4.78 is 73.2. The molecule has 0 fully saturated rings. The maximum Gasteiger partial charge on any atom is 0.411 e. The minimum Gasteiger partial charge on any atom is -0.451 e. The molecule has 31 heavy (non-hydrogen) atoms. The smallest absolute Gasteiger partial charge is 0.411 e. The first kappa shape index (κ1) is 22.3. The summed E-state index contributed by atoms with van der Waals surface area (Å²) in [4.78, 5) is 7.08. The van der Waals surface area contributed by atoms with E-state index in [0.29, 0.717) is 0 Å². The Morgan fingerprint density at radius 1 is 1.26 bits per heavy atom. The number of alkyl halides is 4. The summed E-state index contributed by atoms with van der Waals surface area (Å²) in [5.74, 6) is 4.25. The van der Waals surface area contributed by atoms with Gasteiger partial charge >= 0.3 is 6.18 Å². The van der Waals surface area contributed by atoms with Crippen LogP contribution in [0.2, 0.25) is 5.02 Å². The number of hydrogen-bond donors (Lipinski definition) is 1. The lowest BCUT2D eigenvalue weighted by atomic mass is 9.86. The topological polar surface area (TPSA) is 84.3 Å². The van der Waals surface area contributed by atoms with Crippen LogP contribution in [0, 0.1) is 29.0 Å². The highest BCUT2D eigenvalue weighted by Gasteiger charge is 2.52. The van der Waals surface area contributed by atoms with E-state index in [9.17, 15) is 22.0 Å². The lowest BCUT2D eigenvalue weighted by molar-refractivity contribution is -0.167. The first-order chi connectivity index (χ1) is 14.6. The highest BCUT2D eigenvalue weighted by molar-refractivity contribution is 6.31. The van der Waals surface area contributed by atoms with Crippen molar-refractivity contribution in [1.29, 1.82) is 5.26 Å². The van der Waals surface area contributed by atoms with E-state index in [2.05, 4.69) is 21.8 Å². The van der Waals surface area contributed by atoms with Gasteiger partial charge in [-0.2, -0.15) is 18.4 Å². The van der Waals surface area contributed by atoms with Crippen LogP contribution in [0.1, 0.15) is 28.8 Å². The summed E-state index contributed by atoms with van der Waals surface area (Å²) in [5.41, 5.74) is 3.02. The number of rotatable bonds is 2. The van der Waals surface area contributed by atoms with E-state index in [4.69, 9.17) is 27.3 Å². The number of hydrogen-bond acceptors (Lipinski definition) is 5. The molecule has 5 nitrogen and oxygen atoms in total. The molecule has 0 spiro atoms. The van der Waals surface area contributed by atoms with Crippen molar-refractivity contribution in [3.05, 3.63) is 63.7 Å². The molecule has 0 saturated carbocycles. The van der Waals surface area contributed by atoms with Crippen molar-refractivity contribution >= 4 is 17.6 Å². The van der Waals surface area contributed by atoms with Crippen molar-refractivity contribution in [3.63, 3.8) is 0 Å². The van der Waals surface area contributed by atoms with Crippen LogP contribution < -0.4 is 5.73 Å². The van der Waals surface area contributed by atoms with Crippen LogP contribution in [-0.2, 0) is 10.3 Å². The molecule has 2 heterocycles. The Kier molecular flexibility index (Phi) is 6.05. The van der Waals surface area contributed by atoms with E-state index in [1.54, 1.807) is 0 Å². The van der Waals surface area contributed by atoms with Gasteiger partial charge in [0, 0.05) is 23.7 Å². The van der Waals surface area contributed by atoms with Gasteiger partial charge in [0.1, 0.15) is 24.3 Å². The van der Waals surface area contributed by atoms with E-state index >= 15 is 0 Å². The lowest BCUT2D eigenvalue weighted by Gasteiger charge is -2.38. The van der Waals surface area contributed by atoms with Crippen molar-refractivity contribution in [1.82, 2.24) is 4.98 Å². The summed E-state index contributed by atoms with van der Waals surface area (Å²) >= 11 is 5.99. The quantitative estimate of drug-likeness (QED) is 0.549. The van der Waals surface area contributed by atoms with E-state index in [1.165, 1.54) is 18.3 Å². The molecule has 0 bridgehead atoms. The second kappa shape index (κ2) is 8.40. The number of pyridine rings is 1. The number of nitrogens with zero attached hydrogens (tertiary/aromatic N) is 3. The first-order valence-electron chi connectivity index (χ1n) is 8.60. The summed E-state index contributed by atoms with van der Waals surface area (Å²) in [6, 6.07) is 3.21. The van der Waals surface area contributed by atoms with Gasteiger partial charge in [-0.05, 0) is 30.2 Å². The van der Waals surface area contributed by atoms with Gasteiger partial charge in [-0.3, -0.25) is 0 Å². The largest absolute Gasteiger partial charge is 0.451 e. The van der Waals surface area contributed by atoms with Gasteiger partial charge in [0.2, 0.25) is 0 Å². The highest BCUT2D eigenvalue weighted by atomic mass is 35.5. The number of benzene rings is 1. The molecular formula is C20H12ClF5N4O. The average molecular weight is 455 g/mol. The molecule has 0 radical (unpaired) electrons. The third kappa shape index (κ3) is 4.70. The molecule has 0 saturated heterocycles. The monoisotopic (exact) mass is 454 g/mol. The number of ether oxygens (including phenoxy) is 1. The molecule has 0 unspecified atom stereocenters. The van der Waals surface area contributed by atoms with Crippen molar-refractivity contribution in [3.8, 4) is 17.9 Å². The van der Waals surface area contributed by atoms with E-state index in [0.717, 1.165) is 12.1 Å². The number of amidine groups is 1. The van der Waals surface area contributed by atoms with Crippen LogP contribution in [0.15, 0.2) is 35.5 Å². The zero-order valence-corrected chi connectivity index (χ0v) is 16.2. The highest BCUT2D eigenvalue weighted by Crippen LogP contribution is 2.41. The van der Waals surface area contributed by atoms with Crippen molar-refractivity contribution in [2.45, 2.75) is 24.2 Å². The Hall–Kier alpha value is -3.37. The molecule has 3 rings (SSSR count). The second-order valence-corrected chi connectivity index (χ2v) is 6.98. The molecule has 2 atom stereocenters. The molecule has 0 amide bonds. The average Bonchev–Trinajstić information content (AvgIpc) is 2.72. The summed E-state index contributed by atoms with van der Waals surface area (Å²) in [7, 11) is 0. The Morgan fingerprint density at radius 2 is 2.00 bits per heavy atom. The predicted octanol–water partition coefficient (Wildman–Crippen LogP) is 3.98. The van der Waals surface area contributed by atoms with Gasteiger partial charge in [0.25, 0.3) is 6.02 Å². The number of nitriles is 1. The Labute approximate surface area is 178 Å². The fraction of sp³-hybridized carbons (Fsp3) is 0.250. The zero-order chi connectivity index (χ0) is 22.8. The number of halogens is 6. The molecule has 1 aromatic carbocycles. The minimum absolute atomic E-state index is 0.0988. The van der Waals surface area contributed by atoms with Crippen LogP contribution in [0.25, 0.3) is 0 Å². The van der Waals surface area contributed by atoms with E-state index in [1.807, 2.05) is 6.07 Å². The van der Waals surface area contributed by atoms with E-state index < -0.39 is 48.3 Å². The fourth-order valence-corrected chi connectivity index (χ4v) is 3.18. The molecular weight excluding hydrogens is 443 g/mol. The third-order valence-corrected chi connectivity index (χ3v) is 4.74. The molecule has 0 aliphatic carbocycles. The molecule has 160 valence electrons. The van der Waals surface area contributed by atoms with Gasteiger partial charge < -0.3 is 10.5 Å². The van der Waals surface area contributed by atoms with Crippen LogP contribution >= 0.6 is 11.6 Å². The van der Waals surface area contributed by atoms with Gasteiger partial charge in [0.05, 0.1) is 10.6 Å². The molecule has 1 aliphatic heterocycles. The van der Waals surface area contributed by atoms with Crippen molar-refractivity contribution in [2.24, 2.45) is 10.7 Å². The molecule has 2 N–H and O–H groups in total. The van der Waals surface area contributed by atoms with Crippen LogP contribution in [-0.4, -0.2) is 29.9 Å². The van der Waals surface area contributed by atoms with Gasteiger partial charge in [0.15, 0.2) is 11.6 Å². The number of nitrogens with two attached hydrogens (primary N) is 1. The predicted molar refractivity (Wildman–Crippen MR) is 101 cm³/mol. The van der Waals surface area contributed by atoms with Crippen LogP contribution in [0.5, 0.6) is 0 Å².